The number of hydrogen-bond acceptors (Lipinski definition) is 5. The smallest absolute Gasteiger partial charge is 0.317 e. The molecule has 1 aromatic carbocycles. The molecule has 3 atom stereocenters. The van der Waals surface area contributed by atoms with E-state index in [4.69, 9.17) is 9.47 Å². The van der Waals surface area contributed by atoms with Crippen molar-refractivity contribution < 1.29 is 19.4 Å². The lowest BCUT2D eigenvalue weighted by molar-refractivity contribution is -0.0583. The third kappa shape index (κ3) is 8.43. The Hall–Kier alpha value is -1.83. The van der Waals surface area contributed by atoms with Crippen molar-refractivity contribution in [3.8, 4) is 5.75 Å². The predicted molar refractivity (Wildman–Crippen MR) is 137 cm³/mol. The molecule has 0 spiro atoms. The van der Waals surface area contributed by atoms with Crippen LogP contribution in [-0.4, -0.2) is 69.1 Å². The van der Waals surface area contributed by atoms with E-state index in [0.717, 1.165) is 37.0 Å². The van der Waals surface area contributed by atoms with Crippen molar-refractivity contribution in [1.29, 1.82) is 0 Å². The Morgan fingerprint density at radius 2 is 2.00 bits per heavy atom. The number of para-hydroxylation sites is 1. The fourth-order valence-corrected chi connectivity index (χ4v) is 4.65. The molecule has 7 nitrogen and oxygen atoms in total. The minimum absolute atomic E-state index is 0.00740. The maximum Gasteiger partial charge on any atom is 0.317 e. The van der Waals surface area contributed by atoms with Crippen LogP contribution in [0.4, 0.5) is 4.79 Å². The minimum Gasteiger partial charge on any atom is -0.493 e. The normalized spacial score (nSPS) is 19.4. The molecule has 7 heteroatoms. The van der Waals surface area contributed by atoms with Crippen molar-refractivity contribution in [2.24, 2.45) is 11.3 Å². The molecule has 0 bridgehead atoms. The molecule has 0 aliphatic carbocycles. The van der Waals surface area contributed by atoms with Gasteiger partial charge in [0.15, 0.2) is 0 Å². The Morgan fingerprint density at radius 1 is 1.26 bits per heavy atom. The number of amides is 2. The summed E-state index contributed by atoms with van der Waals surface area (Å²) < 4.78 is 11.5. The van der Waals surface area contributed by atoms with Gasteiger partial charge in [-0.1, -0.05) is 39.0 Å². The number of rotatable bonds is 12. The fourth-order valence-electron chi connectivity index (χ4n) is 4.65. The summed E-state index contributed by atoms with van der Waals surface area (Å²) in [6, 6.07) is 7.84. The van der Waals surface area contributed by atoms with Gasteiger partial charge in [-0.2, -0.15) is 0 Å². The maximum atomic E-state index is 12.9. The molecule has 2 rings (SSSR count). The zero-order valence-electron chi connectivity index (χ0n) is 22.2. The molecule has 1 aromatic rings. The van der Waals surface area contributed by atoms with Crippen LogP contribution in [0.5, 0.6) is 5.75 Å². The molecular formula is C27H47N3O4. The van der Waals surface area contributed by atoms with Gasteiger partial charge in [-0.25, -0.2) is 4.79 Å². The molecule has 0 saturated carbocycles. The molecule has 34 heavy (non-hydrogen) atoms. The average molecular weight is 478 g/mol. The number of benzene rings is 1. The number of urea groups is 1. The van der Waals surface area contributed by atoms with Crippen LogP contribution in [0.25, 0.3) is 0 Å². The van der Waals surface area contributed by atoms with Gasteiger partial charge in [0.2, 0.25) is 0 Å². The minimum atomic E-state index is -1.09. The van der Waals surface area contributed by atoms with E-state index in [2.05, 4.69) is 31.4 Å². The Kier molecular flexibility index (Phi) is 11.1. The average Bonchev–Trinajstić information content (AvgIpc) is 2.80. The number of ether oxygens (including phenoxy) is 2. The molecular weight excluding hydrogens is 430 g/mol. The molecule has 1 fully saturated rings. The third-order valence-electron chi connectivity index (χ3n) is 6.43. The zero-order valence-corrected chi connectivity index (χ0v) is 22.2. The molecule has 1 aliphatic rings. The van der Waals surface area contributed by atoms with E-state index < -0.39 is 5.60 Å². The molecule has 2 unspecified atom stereocenters. The molecule has 0 radical (unpaired) electrons. The van der Waals surface area contributed by atoms with Crippen LogP contribution < -0.4 is 15.4 Å². The maximum absolute atomic E-state index is 12.9. The lowest BCUT2D eigenvalue weighted by atomic mass is 9.73. The Balaban J connectivity index is 2.28. The second-order valence-corrected chi connectivity index (χ2v) is 10.9. The van der Waals surface area contributed by atoms with Crippen LogP contribution >= 0.6 is 0 Å². The quantitative estimate of drug-likeness (QED) is 0.394. The molecule has 3 N–H and O–H groups in total. The summed E-state index contributed by atoms with van der Waals surface area (Å²) in [5.74, 6) is 0.657. The second kappa shape index (κ2) is 13.3. The first-order valence-corrected chi connectivity index (χ1v) is 12.7. The van der Waals surface area contributed by atoms with Crippen LogP contribution in [0.1, 0.15) is 65.4 Å². The Labute approximate surface area is 206 Å². The molecule has 1 aliphatic heterocycles. The molecule has 0 aromatic heterocycles. The van der Waals surface area contributed by atoms with Crippen LogP contribution in [0.2, 0.25) is 0 Å². The number of carbonyl (C=O) groups excluding carboxylic acids is 1. The van der Waals surface area contributed by atoms with Crippen LogP contribution in [0, 0.1) is 11.3 Å². The number of unbranched alkanes of at least 4 members (excludes halogenated alkanes) is 1. The molecule has 1 saturated heterocycles. The van der Waals surface area contributed by atoms with Gasteiger partial charge in [-0.3, -0.25) is 0 Å². The van der Waals surface area contributed by atoms with Crippen molar-refractivity contribution in [2.45, 2.75) is 71.4 Å². The topological polar surface area (TPSA) is 83.1 Å². The van der Waals surface area contributed by atoms with Crippen molar-refractivity contribution in [2.75, 3.05) is 47.0 Å². The summed E-state index contributed by atoms with van der Waals surface area (Å²) in [5.41, 5.74) is -0.252. The van der Waals surface area contributed by atoms with Crippen LogP contribution in [0.3, 0.4) is 0 Å². The first-order valence-electron chi connectivity index (χ1n) is 12.7. The lowest BCUT2D eigenvalue weighted by Crippen LogP contribution is -2.53. The van der Waals surface area contributed by atoms with E-state index >= 15 is 0 Å². The van der Waals surface area contributed by atoms with Crippen LogP contribution in [0.15, 0.2) is 24.3 Å². The number of piperidine rings is 1. The fraction of sp³-hybridized carbons (Fsp3) is 0.741. The number of nitrogens with zero attached hydrogens (tertiary/aromatic N) is 1. The summed E-state index contributed by atoms with van der Waals surface area (Å²) in [5, 5.41) is 18.5. The van der Waals surface area contributed by atoms with E-state index in [1.165, 1.54) is 0 Å². The van der Waals surface area contributed by atoms with Gasteiger partial charge in [0.05, 0.1) is 12.2 Å². The number of likely N-dealkylation sites (N-methyl/N-ethyl adjacent to an activating group) is 1. The highest BCUT2D eigenvalue weighted by Crippen LogP contribution is 2.43. The Bertz CT molecular complexity index is 752. The highest BCUT2D eigenvalue weighted by molar-refractivity contribution is 5.74. The summed E-state index contributed by atoms with van der Waals surface area (Å²) in [6.07, 6.45) is 4.04. The predicted octanol–water partition coefficient (Wildman–Crippen LogP) is 4.15. The summed E-state index contributed by atoms with van der Waals surface area (Å²) in [4.78, 5) is 14.8. The van der Waals surface area contributed by atoms with Crippen LogP contribution in [-0.2, 0) is 10.3 Å². The van der Waals surface area contributed by atoms with E-state index in [9.17, 15) is 9.90 Å². The van der Waals surface area contributed by atoms with E-state index in [-0.39, 0.29) is 23.4 Å². The standard InChI is InChI=1S/C27H47N3O4/c1-21(18-28-5)29-25(31)30-16-11-12-22(19-30)27(32,15-9-10-17-33-6)23-13-7-8-14-24(23)34-20-26(2,3)4/h7-8,13-14,21-22,28,32H,9-12,15-20H2,1-6H3,(H,29,31)/t21?,22-,27?/m1/s1. The second-order valence-electron chi connectivity index (χ2n) is 10.9. The Morgan fingerprint density at radius 3 is 2.68 bits per heavy atom. The van der Waals surface area contributed by atoms with Gasteiger partial charge in [-0.05, 0) is 57.6 Å². The summed E-state index contributed by atoms with van der Waals surface area (Å²) in [6.45, 7) is 11.6. The first-order chi connectivity index (χ1) is 16.1. The van der Waals surface area contributed by atoms with Crippen molar-refractivity contribution in [1.82, 2.24) is 15.5 Å². The monoisotopic (exact) mass is 477 g/mol. The zero-order chi connectivity index (χ0) is 25.2. The first kappa shape index (κ1) is 28.4. The number of methoxy groups -OCH3 is 1. The van der Waals surface area contributed by atoms with Gasteiger partial charge in [0, 0.05) is 50.9 Å². The van der Waals surface area contributed by atoms with Gasteiger partial charge in [0.25, 0.3) is 0 Å². The van der Waals surface area contributed by atoms with E-state index in [1.54, 1.807) is 7.11 Å². The van der Waals surface area contributed by atoms with Gasteiger partial charge in [-0.15, -0.1) is 0 Å². The summed E-state index contributed by atoms with van der Waals surface area (Å²) in [7, 11) is 3.58. The third-order valence-corrected chi connectivity index (χ3v) is 6.43. The van der Waals surface area contributed by atoms with Gasteiger partial charge >= 0.3 is 6.03 Å². The SMILES string of the molecule is CNCC(C)NC(=O)N1CCC[C@@H](C(O)(CCCCOC)c2ccccc2OCC(C)(C)C)C1. The van der Waals surface area contributed by atoms with Crippen molar-refractivity contribution in [3.63, 3.8) is 0 Å². The van der Waals surface area contributed by atoms with Crippen molar-refractivity contribution in [3.05, 3.63) is 29.8 Å². The highest BCUT2D eigenvalue weighted by Gasteiger charge is 2.43. The summed E-state index contributed by atoms with van der Waals surface area (Å²) >= 11 is 0. The molecule has 1 heterocycles. The number of likely N-dealkylation sites (tertiary alicyclic amines) is 1. The number of carbonyl (C=O) groups is 1. The lowest BCUT2D eigenvalue weighted by Gasteiger charge is -2.43. The molecule has 2 amide bonds. The van der Waals surface area contributed by atoms with E-state index in [1.807, 2.05) is 43.1 Å². The highest BCUT2D eigenvalue weighted by atomic mass is 16.5. The number of aliphatic hydroxyl groups is 1. The number of hydrogen-bond donors (Lipinski definition) is 3. The number of nitrogens with one attached hydrogen (secondary N) is 2. The van der Waals surface area contributed by atoms with E-state index in [0.29, 0.717) is 39.3 Å². The molecule has 194 valence electrons. The van der Waals surface area contributed by atoms with Gasteiger partial charge < -0.3 is 30.1 Å². The van der Waals surface area contributed by atoms with Crippen molar-refractivity contribution >= 4 is 6.03 Å². The van der Waals surface area contributed by atoms with Gasteiger partial charge in [0.1, 0.15) is 5.75 Å². The largest absolute Gasteiger partial charge is 0.493 e.